The SMILES string of the molecule is CCCCCCCCCCCCOc1ccc(C2CCC(CCCCC)CC2)c(F)c1F. The quantitative estimate of drug-likeness (QED) is 0.214. The summed E-state index contributed by atoms with van der Waals surface area (Å²) in [6, 6.07) is 3.42. The molecule has 1 saturated carbocycles. The van der Waals surface area contributed by atoms with E-state index in [1.807, 2.05) is 0 Å². The highest BCUT2D eigenvalue weighted by atomic mass is 19.2. The van der Waals surface area contributed by atoms with Crippen molar-refractivity contribution in [1.82, 2.24) is 0 Å². The van der Waals surface area contributed by atoms with Crippen molar-refractivity contribution in [2.24, 2.45) is 5.92 Å². The number of rotatable bonds is 17. The van der Waals surface area contributed by atoms with Gasteiger partial charge in [0.1, 0.15) is 0 Å². The van der Waals surface area contributed by atoms with Gasteiger partial charge in [0.25, 0.3) is 0 Å². The second kappa shape index (κ2) is 16.5. The minimum absolute atomic E-state index is 0.0791. The molecule has 0 N–H and O–H groups in total. The third-order valence-electron chi connectivity index (χ3n) is 7.33. The molecule has 0 bridgehead atoms. The van der Waals surface area contributed by atoms with Crippen molar-refractivity contribution < 1.29 is 13.5 Å². The molecule has 3 heteroatoms. The van der Waals surface area contributed by atoms with Crippen molar-refractivity contribution >= 4 is 0 Å². The Morgan fingerprint density at radius 1 is 0.688 bits per heavy atom. The van der Waals surface area contributed by atoms with E-state index in [0.29, 0.717) is 12.2 Å². The molecule has 1 fully saturated rings. The van der Waals surface area contributed by atoms with Crippen LogP contribution in [0.4, 0.5) is 8.78 Å². The van der Waals surface area contributed by atoms with Crippen LogP contribution < -0.4 is 4.74 Å². The molecule has 0 atom stereocenters. The zero-order valence-corrected chi connectivity index (χ0v) is 20.9. The monoisotopic (exact) mass is 450 g/mol. The molecule has 1 nitrogen and oxygen atoms in total. The summed E-state index contributed by atoms with van der Waals surface area (Å²) in [5.74, 6) is -0.465. The van der Waals surface area contributed by atoms with Crippen molar-refractivity contribution in [2.45, 2.75) is 135 Å². The molecule has 0 radical (unpaired) electrons. The molecule has 32 heavy (non-hydrogen) atoms. The number of unbranched alkanes of at least 4 members (excludes halogenated alkanes) is 11. The Hall–Kier alpha value is -1.12. The number of hydrogen-bond acceptors (Lipinski definition) is 1. The Labute approximate surface area is 196 Å². The fourth-order valence-electron chi connectivity index (χ4n) is 5.19. The van der Waals surface area contributed by atoms with Gasteiger partial charge in [0, 0.05) is 0 Å². The third kappa shape index (κ3) is 9.79. The number of ether oxygens (including phenoxy) is 1. The normalized spacial score (nSPS) is 18.8. The smallest absolute Gasteiger partial charge is 0.200 e. The summed E-state index contributed by atoms with van der Waals surface area (Å²) < 4.78 is 35.0. The molecular weight excluding hydrogens is 402 g/mol. The van der Waals surface area contributed by atoms with Crippen LogP contribution in [-0.4, -0.2) is 6.61 Å². The Morgan fingerprint density at radius 3 is 1.88 bits per heavy atom. The van der Waals surface area contributed by atoms with Crippen LogP contribution in [0.5, 0.6) is 5.75 Å². The van der Waals surface area contributed by atoms with Gasteiger partial charge < -0.3 is 4.74 Å². The van der Waals surface area contributed by atoms with Gasteiger partial charge in [-0.25, -0.2) is 4.39 Å². The highest BCUT2D eigenvalue weighted by Crippen LogP contribution is 2.40. The zero-order valence-electron chi connectivity index (χ0n) is 20.9. The highest BCUT2D eigenvalue weighted by molar-refractivity contribution is 5.33. The lowest BCUT2D eigenvalue weighted by Crippen LogP contribution is -2.15. The molecule has 0 unspecified atom stereocenters. The van der Waals surface area contributed by atoms with Gasteiger partial charge in [-0.1, -0.05) is 103 Å². The first-order valence-electron chi connectivity index (χ1n) is 13.8. The first-order chi connectivity index (χ1) is 15.7. The summed E-state index contributed by atoms with van der Waals surface area (Å²) in [7, 11) is 0. The van der Waals surface area contributed by atoms with Gasteiger partial charge in [-0.05, 0) is 55.6 Å². The van der Waals surface area contributed by atoms with E-state index in [-0.39, 0.29) is 11.7 Å². The van der Waals surface area contributed by atoms with Gasteiger partial charge in [-0.3, -0.25) is 0 Å². The Bertz CT molecular complexity index is 607. The van der Waals surface area contributed by atoms with Gasteiger partial charge >= 0.3 is 0 Å². The molecule has 0 aromatic heterocycles. The van der Waals surface area contributed by atoms with Crippen molar-refractivity contribution in [3.8, 4) is 5.75 Å². The second-order valence-electron chi connectivity index (χ2n) is 10.0. The molecule has 1 aromatic carbocycles. The van der Waals surface area contributed by atoms with E-state index in [9.17, 15) is 8.78 Å². The zero-order chi connectivity index (χ0) is 23.0. The molecule has 1 aliphatic rings. The van der Waals surface area contributed by atoms with Gasteiger partial charge in [-0.15, -0.1) is 0 Å². The average Bonchev–Trinajstić information content (AvgIpc) is 2.81. The summed E-state index contributed by atoms with van der Waals surface area (Å²) in [5.41, 5.74) is 0.556. The van der Waals surface area contributed by atoms with Crippen LogP contribution in [0.15, 0.2) is 12.1 Å². The topological polar surface area (TPSA) is 9.23 Å². The van der Waals surface area contributed by atoms with Gasteiger partial charge in [0.15, 0.2) is 11.6 Å². The number of benzene rings is 1. The Balaban J connectivity index is 1.64. The maximum atomic E-state index is 14.8. The van der Waals surface area contributed by atoms with Gasteiger partial charge in [0.05, 0.1) is 6.61 Å². The van der Waals surface area contributed by atoms with E-state index in [0.717, 1.165) is 44.4 Å². The summed E-state index contributed by atoms with van der Waals surface area (Å²) in [4.78, 5) is 0. The molecule has 0 amide bonds. The molecule has 0 spiro atoms. The molecule has 1 aliphatic carbocycles. The maximum Gasteiger partial charge on any atom is 0.200 e. The van der Waals surface area contributed by atoms with E-state index in [1.165, 1.54) is 77.0 Å². The lowest BCUT2D eigenvalue weighted by Gasteiger charge is -2.29. The Morgan fingerprint density at radius 2 is 1.25 bits per heavy atom. The molecule has 184 valence electrons. The van der Waals surface area contributed by atoms with Crippen LogP contribution in [0.25, 0.3) is 0 Å². The highest BCUT2D eigenvalue weighted by Gasteiger charge is 2.26. The van der Waals surface area contributed by atoms with Crippen LogP contribution in [0, 0.1) is 17.6 Å². The summed E-state index contributed by atoms with van der Waals surface area (Å²) >= 11 is 0. The van der Waals surface area contributed by atoms with Crippen LogP contribution in [0.1, 0.15) is 141 Å². The maximum absolute atomic E-state index is 14.8. The van der Waals surface area contributed by atoms with Crippen LogP contribution in [0.3, 0.4) is 0 Å². The van der Waals surface area contributed by atoms with E-state index in [4.69, 9.17) is 4.74 Å². The standard InChI is InChI=1S/C29H48F2O/c1-3-5-7-8-9-10-11-12-13-15-23-32-27-22-21-26(28(30)29(27)31)25-19-17-24(18-20-25)16-14-6-4-2/h21-22,24-25H,3-20,23H2,1-2H3. The summed E-state index contributed by atoms with van der Waals surface area (Å²) in [5, 5.41) is 0. The van der Waals surface area contributed by atoms with Crippen LogP contribution in [-0.2, 0) is 0 Å². The van der Waals surface area contributed by atoms with E-state index >= 15 is 0 Å². The fourth-order valence-corrected chi connectivity index (χ4v) is 5.19. The lowest BCUT2D eigenvalue weighted by molar-refractivity contribution is 0.279. The van der Waals surface area contributed by atoms with Crippen molar-refractivity contribution in [1.29, 1.82) is 0 Å². The molecule has 2 rings (SSSR count). The van der Waals surface area contributed by atoms with E-state index in [2.05, 4.69) is 13.8 Å². The number of hydrogen-bond donors (Lipinski definition) is 0. The summed E-state index contributed by atoms with van der Waals surface area (Å²) in [6.45, 7) is 4.95. The minimum Gasteiger partial charge on any atom is -0.490 e. The molecule has 0 aliphatic heterocycles. The fraction of sp³-hybridized carbons (Fsp3) is 0.793. The van der Waals surface area contributed by atoms with Crippen molar-refractivity contribution in [3.05, 3.63) is 29.3 Å². The number of halogens is 2. The Kier molecular flexibility index (Phi) is 14.0. The van der Waals surface area contributed by atoms with Crippen LogP contribution in [0.2, 0.25) is 0 Å². The predicted molar refractivity (Wildman–Crippen MR) is 133 cm³/mol. The molecule has 1 aromatic rings. The van der Waals surface area contributed by atoms with Gasteiger partial charge in [0.2, 0.25) is 5.82 Å². The second-order valence-corrected chi connectivity index (χ2v) is 10.0. The predicted octanol–water partition coefficient (Wildman–Crippen LogP) is 10.1. The van der Waals surface area contributed by atoms with E-state index in [1.54, 1.807) is 12.1 Å². The summed E-state index contributed by atoms with van der Waals surface area (Å²) in [6.07, 6.45) is 21.9. The minimum atomic E-state index is -0.792. The van der Waals surface area contributed by atoms with E-state index < -0.39 is 11.6 Å². The third-order valence-corrected chi connectivity index (χ3v) is 7.33. The average molecular weight is 451 g/mol. The molecule has 0 saturated heterocycles. The van der Waals surface area contributed by atoms with Crippen molar-refractivity contribution in [2.75, 3.05) is 6.61 Å². The van der Waals surface area contributed by atoms with Gasteiger partial charge in [-0.2, -0.15) is 4.39 Å². The van der Waals surface area contributed by atoms with Crippen molar-refractivity contribution in [3.63, 3.8) is 0 Å². The van der Waals surface area contributed by atoms with Crippen LogP contribution >= 0.6 is 0 Å². The lowest BCUT2D eigenvalue weighted by atomic mass is 9.77. The first kappa shape index (κ1) is 27.1. The molecular formula is C29H48F2O. The first-order valence-corrected chi connectivity index (χ1v) is 13.8. The molecule has 0 heterocycles. The largest absolute Gasteiger partial charge is 0.490 e.